The number of nitrogens with zero attached hydrogens (tertiary/aromatic N) is 1. The van der Waals surface area contributed by atoms with Crippen molar-refractivity contribution in [2.24, 2.45) is 0 Å². The molecule has 2 atom stereocenters. The van der Waals surface area contributed by atoms with E-state index in [0.717, 1.165) is 30.0 Å². The van der Waals surface area contributed by atoms with Gasteiger partial charge < -0.3 is 15.4 Å². The number of benzene rings is 1. The first-order valence-electron chi connectivity index (χ1n) is 11.7. The molecule has 0 spiro atoms. The third-order valence-corrected chi connectivity index (χ3v) is 7.55. The SMILES string of the molecule is CC.CN1CCCC1C(=O)NCc1ccc(Cl)cc1.CSC(C)(C)C(C=O)NC(=O)C1(F)CC1. The van der Waals surface area contributed by atoms with Gasteiger partial charge in [0.2, 0.25) is 5.91 Å². The molecule has 2 amide bonds. The van der Waals surface area contributed by atoms with Crippen LogP contribution in [0.1, 0.15) is 58.9 Å². The molecular weight excluding hydrogens is 477 g/mol. The molecule has 9 heteroatoms. The van der Waals surface area contributed by atoms with Gasteiger partial charge in [0.15, 0.2) is 5.67 Å². The van der Waals surface area contributed by atoms with Gasteiger partial charge in [-0.15, -0.1) is 0 Å². The van der Waals surface area contributed by atoms with Crippen molar-refractivity contribution < 1.29 is 18.8 Å². The van der Waals surface area contributed by atoms with Crippen LogP contribution in [0.15, 0.2) is 24.3 Å². The molecule has 1 aliphatic carbocycles. The number of thioether (sulfide) groups is 1. The average Bonchev–Trinajstić information content (AvgIpc) is 3.45. The Hall–Kier alpha value is -1.64. The minimum absolute atomic E-state index is 0.0438. The van der Waals surface area contributed by atoms with Crippen LogP contribution in [-0.4, -0.2) is 65.3 Å². The number of aldehydes is 1. The predicted octanol–water partition coefficient (Wildman–Crippen LogP) is 4.39. The molecule has 3 rings (SSSR count). The summed E-state index contributed by atoms with van der Waals surface area (Å²) in [6, 6.07) is 6.94. The first-order valence-corrected chi connectivity index (χ1v) is 13.4. The number of likely N-dealkylation sites (N-methyl/N-ethyl adjacent to an activating group) is 1. The van der Waals surface area contributed by atoms with Crippen LogP contribution in [0.25, 0.3) is 0 Å². The molecule has 1 saturated heterocycles. The number of amides is 2. The first kappa shape index (κ1) is 30.4. The molecule has 1 aliphatic heterocycles. The quantitative estimate of drug-likeness (QED) is 0.502. The number of carbonyl (C=O) groups is 3. The third-order valence-electron chi connectivity index (χ3n) is 6.00. The summed E-state index contributed by atoms with van der Waals surface area (Å²) in [5.74, 6) is -0.526. The second kappa shape index (κ2) is 14.0. The molecule has 2 aliphatic rings. The average molecular weight is 516 g/mol. The topological polar surface area (TPSA) is 78.5 Å². The third kappa shape index (κ3) is 9.19. The van der Waals surface area contributed by atoms with Crippen LogP contribution in [0, 0.1) is 0 Å². The Balaban J connectivity index is 0.000000320. The number of halogens is 2. The molecule has 192 valence electrons. The smallest absolute Gasteiger partial charge is 0.258 e. The van der Waals surface area contributed by atoms with Gasteiger partial charge in [-0.05, 0) is 77.1 Å². The van der Waals surface area contributed by atoms with Crippen LogP contribution < -0.4 is 10.6 Å². The van der Waals surface area contributed by atoms with E-state index < -0.39 is 22.4 Å². The molecule has 2 unspecified atom stereocenters. The van der Waals surface area contributed by atoms with Crippen molar-refractivity contribution in [3.63, 3.8) is 0 Å². The van der Waals surface area contributed by atoms with E-state index in [1.165, 1.54) is 11.8 Å². The number of alkyl halides is 1. The van der Waals surface area contributed by atoms with Gasteiger partial charge in [0.25, 0.3) is 5.91 Å². The summed E-state index contributed by atoms with van der Waals surface area (Å²) in [5, 5.41) is 6.14. The molecule has 1 aromatic rings. The summed E-state index contributed by atoms with van der Waals surface area (Å²) in [5.41, 5.74) is -0.640. The van der Waals surface area contributed by atoms with E-state index in [2.05, 4.69) is 15.5 Å². The Morgan fingerprint density at radius 1 is 1.29 bits per heavy atom. The Kier molecular flexibility index (Phi) is 12.6. The summed E-state index contributed by atoms with van der Waals surface area (Å²) < 4.78 is 12.9. The Labute approximate surface area is 212 Å². The van der Waals surface area contributed by atoms with Crippen LogP contribution >= 0.6 is 23.4 Å². The van der Waals surface area contributed by atoms with Gasteiger partial charge in [-0.2, -0.15) is 11.8 Å². The van der Waals surface area contributed by atoms with Crippen LogP contribution in [0.3, 0.4) is 0 Å². The minimum Gasteiger partial charge on any atom is -0.351 e. The maximum Gasteiger partial charge on any atom is 0.258 e. The fourth-order valence-electron chi connectivity index (χ4n) is 3.26. The fourth-order valence-corrected chi connectivity index (χ4v) is 3.75. The van der Waals surface area contributed by atoms with Gasteiger partial charge in [-0.1, -0.05) is 37.6 Å². The van der Waals surface area contributed by atoms with Gasteiger partial charge in [0, 0.05) is 16.3 Å². The lowest BCUT2D eigenvalue weighted by atomic mass is 10.0. The molecule has 2 fully saturated rings. The molecule has 0 radical (unpaired) electrons. The van der Waals surface area contributed by atoms with Crippen molar-refractivity contribution in [1.29, 1.82) is 0 Å². The van der Waals surface area contributed by atoms with Crippen molar-refractivity contribution >= 4 is 41.5 Å². The normalized spacial score (nSPS) is 19.5. The van der Waals surface area contributed by atoms with E-state index >= 15 is 0 Å². The number of rotatable bonds is 8. The van der Waals surface area contributed by atoms with Crippen LogP contribution in [0.5, 0.6) is 0 Å². The van der Waals surface area contributed by atoms with E-state index in [9.17, 15) is 18.8 Å². The lowest BCUT2D eigenvalue weighted by Gasteiger charge is -2.29. The molecule has 0 aromatic heterocycles. The monoisotopic (exact) mass is 515 g/mol. The minimum atomic E-state index is -1.71. The van der Waals surface area contributed by atoms with Crippen molar-refractivity contribution in [2.45, 2.75) is 82.4 Å². The van der Waals surface area contributed by atoms with E-state index in [-0.39, 0.29) is 24.8 Å². The molecule has 1 heterocycles. The number of hydrogen-bond donors (Lipinski definition) is 2. The molecule has 6 nitrogen and oxygen atoms in total. The highest BCUT2D eigenvalue weighted by atomic mass is 35.5. The lowest BCUT2D eigenvalue weighted by molar-refractivity contribution is -0.130. The van der Waals surface area contributed by atoms with Gasteiger partial charge in [0.1, 0.15) is 6.29 Å². The van der Waals surface area contributed by atoms with Gasteiger partial charge in [-0.25, -0.2) is 4.39 Å². The van der Waals surface area contributed by atoms with Crippen LogP contribution in [-0.2, 0) is 20.9 Å². The molecule has 1 saturated carbocycles. The van der Waals surface area contributed by atoms with Gasteiger partial charge in [0.05, 0.1) is 12.1 Å². The second-order valence-electron chi connectivity index (χ2n) is 8.84. The van der Waals surface area contributed by atoms with Gasteiger partial charge in [-0.3, -0.25) is 14.5 Å². The maximum atomic E-state index is 13.3. The molecular formula is C25H39ClFN3O3S. The van der Waals surface area contributed by atoms with Gasteiger partial charge >= 0.3 is 0 Å². The first-order chi connectivity index (χ1) is 16.0. The fraction of sp³-hybridized carbons (Fsp3) is 0.640. The standard InChI is InChI=1S/C13H17ClN2O.C10H16FNO2S.C2H6/c1-16-8-2-3-12(16)13(17)15-9-10-4-6-11(14)7-5-10;1-9(2,15-3)7(6-13)12-8(14)10(11)4-5-10;1-2/h4-7,12H,2-3,8-9H2,1H3,(H,15,17);6-7H,4-5H2,1-3H3,(H,12,14);1-2H3. The predicted molar refractivity (Wildman–Crippen MR) is 139 cm³/mol. The number of nitrogens with one attached hydrogen (secondary N) is 2. The summed E-state index contributed by atoms with van der Waals surface area (Å²) in [6.45, 7) is 9.27. The van der Waals surface area contributed by atoms with Crippen molar-refractivity contribution in [3.8, 4) is 0 Å². The number of carbonyl (C=O) groups excluding carboxylic acids is 3. The second-order valence-corrected chi connectivity index (χ2v) is 10.7. The van der Waals surface area contributed by atoms with E-state index in [1.807, 2.05) is 65.3 Å². The van der Waals surface area contributed by atoms with Crippen LogP contribution in [0.2, 0.25) is 5.02 Å². The Morgan fingerprint density at radius 2 is 1.88 bits per heavy atom. The van der Waals surface area contributed by atoms with E-state index in [1.54, 1.807) is 0 Å². The molecule has 0 bridgehead atoms. The Bertz CT molecular complexity index is 803. The summed E-state index contributed by atoms with van der Waals surface area (Å²) in [6.07, 6.45) is 5.12. The van der Waals surface area contributed by atoms with E-state index in [0.29, 0.717) is 12.8 Å². The highest BCUT2D eigenvalue weighted by molar-refractivity contribution is 8.00. The summed E-state index contributed by atoms with van der Waals surface area (Å²) in [7, 11) is 2.00. The zero-order chi connectivity index (χ0) is 25.9. The molecule has 2 N–H and O–H groups in total. The number of likely N-dealkylation sites (tertiary alicyclic amines) is 1. The summed E-state index contributed by atoms with van der Waals surface area (Å²) >= 11 is 7.27. The lowest BCUT2D eigenvalue weighted by Crippen LogP contribution is -2.51. The highest BCUT2D eigenvalue weighted by Crippen LogP contribution is 2.40. The summed E-state index contributed by atoms with van der Waals surface area (Å²) in [4.78, 5) is 36.3. The largest absolute Gasteiger partial charge is 0.351 e. The molecule has 1 aromatic carbocycles. The Morgan fingerprint density at radius 3 is 2.32 bits per heavy atom. The number of hydrogen-bond acceptors (Lipinski definition) is 5. The van der Waals surface area contributed by atoms with Crippen molar-refractivity contribution in [1.82, 2.24) is 15.5 Å². The zero-order valence-electron chi connectivity index (χ0n) is 21.1. The maximum absolute atomic E-state index is 13.3. The highest BCUT2D eigenvalue weighted by Gasteiger charge is 2.52. The van der Waals surface area contributed by atoms with Crippen LogP contribution in [0.4, 0.5) is 4.39 Å². The van der Waals surface area contributed by atoms with E-state index in [4.69, 9.17) is 11.6 Å². The zero-order valence-corrected chi connectivity index (χ0v) is 22.7. The van der Waals surface area contributed by atoms with Crippen molar-refractivity contribution in [3.05, 3.63) is 34.9 Å². The molecule has 34 heavy (non-hydrogen) atoms. The van der Waals surface area contributed by atoms with Crippen molar-refractivity contribution in [2.75, 3.05) is 19.8 Å².